The highest BCUT2D eigenvalue weighted by Crippen LogP contribution is 2.45. The summed E-state index contributed by atoms with van der Waals surface area (Å²) in [6.07, 6.45) is 1.18. The van der Waals surface area contributed by atoms with Gasteiger partial charge in [0, 0.05) is 48.2 Å². The van der Waals surface area contributed by atoms with E-state index in [1.165, 1.54) is 0 Å². The molecule has 0 amide bonds. The highest BCUT2D eigenvalue weighted by atomic mass is 35.5. The Kier molecular flexibility index (Phi) is 5.40. The number of nitrogens with zero attached hydrogens (tertiary/aromatic N) is 2. The van der Waals surface area contributed by atoms with Crippen LogP contribution in [0.3, 0.4) is 0 Å². The van der Waals surface area contributed by atoms with Gasteiger partial charge in [0.15, 0.2) is 5.78 Å². The second kappa shape index (κ2) is 8.01. The van der Waals surface area contributed by atoms with E-state index in [4.69, 9.17) is 11.6 Å². The smallest absolute Gasteiger partial charge is 0.162 e. The van der Waals surface area contributed by atoms with Crippen molar-refractivity contribution in [3.05, 3.63) is 87.2 Å². The molecule has 4 rings (SSSR count). The number of carbonyl (C=O) groups excluding carboxylic acids is 1. The highest BCUT2D eigenvalue weighted by molar-refractivity contribution is 6.30. The first-order chi connectivity index (χ1) is 14.4. The molecular weight excluding hydrogens is 394 g/mol. The van der Waals surface area contributed by atoms with E-state index < -0.39 is 0 Å². The average molecular weight is 418 g/mol. The van der Waals surface area contributed by atoms with Gasteiger partial charge < -0.3 is 10.2 Å². The minimum atomic E-state index is -0.318. The monoisotopic (exact) mass is 417 g/mol. The van der Waals surface area contributed by atoms with Gasteiger partial charge in [-0.05, 0) is 54.7 Å². The van der Waals surface area contributed by atoms with Crippen molar-refractivity contribution < 1.29 is 4.79 Å². The fraction of sp³-hybridized carbons (Fsp3) is 0.280. The topological polar surface area (TPSA) is 56.1 Å². The minimum Gasteiger partial charge on any atom is -0.378 e. The van der Waals surface area contributed by atoms with Crippen molar-refractivity contribution in [3.8, 4) is 6.07 Å². The zero-order valence-electron chi connectivity index (χ0n) is 17.4. The first-order valence-corrected chi connectivity index (χ1v) is 10.4. The van der Waals surface area contributed by atoms with Gasteiger partial charge in [0.1, 0.15) is 0 Å². The van der Waals surface area contributed by atoms with Crippen molar-refractivity contribution in [2.45, 2.75) is 31.6 Å². The summed E-state index contributed by atoms with van der Waals surface area (Å²) in [6, 6.07) is 18.2. The van der Waals surface area contributed by atoms with E-state index in [2.05, 4.69) is 11.4 Å². The van der Waals surface area contributed by atoms with E-state index in [-0.39, 0.29) is 17.6 Å². The van der Waals surface area contributed by atoms with Crippen LogP contribution in [0.4, 0.5) is 5.69 Å². The fourth-order valence-corrected chi connectivity index (χ4v) is 4.58. The van der Waals surface area contributed by atoms with E-state index in [1.54, 1.807) is 0 Å². The Hall–Kier alpha value is -3.03. The molecule has 0 spiro atoms. The molecular formula is C25H24ClN3O. The Morgan fingerprint density at radius 1 is 1.03 bits per heavy atom. The Morgan fingerprint density at radius 3 is 2.27 bits per heavy atom. The number of hydrogen-bond donors (Lipinski definition) is 1. The number of ketones is 1. The first kappa shape index (κ1) is 20.3. The van der Waals surface area contributed by atoms with Gasteiger partial charge >= 0.3 is 0 Å². The molecule has 30 heavy (non-hydrogen) atoms. The number of benzene rings is 2. The number of Topliss-reactive ketones (excluding diaryl/α,β-unsaturated/α-hetero) is 1. The molecule has 0 bridgehead atoms. The summed E-state index contributed by atoms with van der Waals surface area (Å²) in [5.41, 5.74) is 6.28. The van der Waals surface area contributed by atoms with E-state index in [0.29, 0.717) is 17.0 Å². The summed E-state index contributed by atoms with van der Waals surface area (Å²) in [5, 5.41) is 13.9. The van der Waals surface area contributed by atoms with Gasteiger partial charge in [0.05, 0.1) is 17.6 Å². The number of anilines is 1. The number of carbonyl (C=O) groups is 1. The van der Waals surface area contributed by atoms with Crippen molar-refractivity contribution in [2.75, 3.05) is 19.0 Å². The molecule has 2 aromatic carbocycles. The summed E-state index contributed by atoms with van der Waals surface area (Å²) in [6.45, 7) is 1.92. The minimum absolute atomic E-state index is 0.102. The van der Waals surface area contributed by atoms with Gasteiger partial charge in [-0.15, -0.1) is 0 Å². The lowest BCUT2D eigenvalue weighted by Gasteiger charge is -2.35. The maximum absolute atomic E-state index is 13.3. The van der Waals surface area contributed by atoms with Crippen LogP contribution in [0.25, 0.3) is 0 Å². The Morgan fingerprint density at radius 2 is 1.67 bits per heavy atom. The van der Waals surface area contributed by atoms with Crippen LogP contribution in [0.15, 0.2) is 71.1 Å². The van der Waals surface area contributed by atoms with Crippen molar-refractivity contribution >= 4 is 23.1 Å². The van der Waals surface area contributed by atoms with Gasteiger partial charge in [-0.1, -0.05) is 35.9 Å². The number of nitriles is 1. The average Bonchev–Trinajstić information content (AvgIpc) is 2.73. The number of dihydropyridines is 1. The number of allylic oxidation sites excluding steroid dienone is 4. The van der Waals surface area contributed by atoms with Crippen LogP contribution < -0.4 is 10.2 Å². The number of hydrogen-bond acceptors (Lipinski definition) is 4. The second-order valence-corrected chi connectivity index (χ2v) is 8.60. The van der Waals surface area contributed by atoms with Crippen molar-refractivity contribution in [3.63, 3.8) is 0 Å². The standard InChI is InChI=1S/C25H24ClN3O/c1-15-21(14-27)24(17-6-10-20(11-7-17)29(2)3)25-22(28-15)12-18(13-23(25)30)16-4-8-19(26)9-5-16/h4-11,18,24,28H,12-13H2,1-3H3/t18-,24+/m0/s1. The largest absolute Gasteiger partial charge is 0.378 e. The van der Waals surface area contributed by atoms with Crippen LogP contribution in [-0.2, 0) is 4.79 Å². The normalized spacial score (nSPS) is 21.1. The lowest BCUT2D eigenvalue weighted by molar-refractivity contribution is -0.116. The fourth-order valence-electron chi connectivity index (χ4n) is 4.46. The molecule has 152 valence electrons. The molecule has 1 aliphatic carbocycles. The van der Waals surface area contributed by atoms with Crippen LogP contribution in [0.1, 0.15) is 42.7 Å². The predicted molar refractivity (Wildman–Crippen MR) is 120 cm³/mol. The molecule has 2 aliphatic rings. The number of nitrogens with one attached hydrogen (secondary N) is 1. The third-order valence-corrected chi connectivity index (χ3v) is 6.28. The molecule has 0 saturated heterocycles. The summed E-state index contributed by atoms with van der Waals surface area (Å²) in [7, 11) is 3.99. The maximum Gasteiger partial charge on any atom is 0.162 e. The van der Waals surface area contributed by atoms with Gasteiger partial charge in [-0.25, -0.2) is 0 Å². The van der Waals surface area contributed by atoms with Gasteiger partial charge in [0.2, 0.25) is 0 Å². The van der Waals surface area contributed by atoms with Gasteiger partial charge in [-0.2, -0.15) is 5.26 Å². The zero-order valence-corrected chi connectivity index (χ0v) is 18.1. The number of rotatable bonds is 3. The maximum atomic E-state index is 13.3. The Labute approximate surface area is 182 Å². The molecule has 1 N–H and O–H groups in total. The van der Waals surface area contributed by atoms with Crippen LogP contribution in [-0.4, -0.2) is 19.9 Å². The second-order valence-electron chi connectivity index (χ2n) is 8.17. The highest BCUT2D eigenvalue weighted by Gasteiger charge is 2.38. The number of halogens is 1. The molecule has 0 aromatic heterocycles. The third-order valence-electron chi connectivity index (χ3n) is 6.03. The van der Waals surface area contributed by atoms with E-state index in [1.807, 2.05) is 74.4 Å². The molecule has 4 nitrogen and oxygen atoms in total. The Bertz CT molecular complexity index is 1090. The van der Waals surface area contributed by atoms with Crippen LogP contribution >= 0.6 is 11.6 Å². The quantitative estimate of drug-likeness (QED) is 0.737. The lowest BCUT2D eigenvalue weighted by Crippen LogP contribution is -2.33. The van der Waals surface area contributed by atoms with Gasteiger partial charge in [0.25, 0.3) is 0 Å². The predicted octanol–water partition coefficient (Wildman–Crippen LogP) is 5.29. The summed E-state index contributed by atoms with van der Waals surface area (Å²) >= 11 is 6.03. The molecule has 1 heterocycles. The lowest BCUT2D eigenvalue weighted by atomic mass is 9.72. The van der Waals surface area contributed by atoms with E-state index in [0.717, 1.165) is 40.2 Å². The molecule has 0 fully saturated rings. The Balaban J connectivity index is 1.75. The molecule has 2 aromatic rings. The molecule has 0 radical (unpaired) electrons. The molecule has 0 unspecified atom stereocenters. The molecule has 1 aliphatic heterocycles. The van der Waals surface area contributed by atoms with Gasteiger partial charge in [-0.3, -0.25) is 4.79 Å². The molecule has 2 atom stereocenters. The van der Waals surface area contributed by atoms with Crippen molar-refractivity contribution in [1.29, 1.82) is 5.26 Å². The van der Waals surface area contributed by atoms with Crippen LogP contribution in [0.5, 0.6) is 0 Å². The SMILES string of the molecule is CC1=C(C#N)[C@@H](c2ccc(N(C)C)cc2)C2=C(C[C@H](c3ccc(Cl)cc3)CC2=O)N1. The zero-order chi connectivity index (χ0) is 21.4. The first-order valence-electron chi connectivity index (χ1n) is 10.1. The van der Waals surface area contributed by atoms with E-state index in [9.17, 15) is 10.1 Å². The van der Waals surface area contributed by atoms with Crippen molar-refractivity contribution in [2.24, 2.45) is 0 Å². The summed E-state index contributed by atoms with van der Waals surface area (Å²) in [4.78, 5) is 15.4. The molecule has 5 heteroatoms. The summed E-state index contributed by atoms with van der Waals surface area (Å²) in [5.74, 6) is -0.110. The van der Waals surface area contributed by atoms with Crippen LogP contribution in [0.2, 0.25) is 5.02 Å². The third kappa shape index (κ3) is 3.62. The van der Waals surface area contributed by atoms with Crippen molar-refractivity contribution in [1.82, 2.24) is 5.32 Å². The van der Waals surface area contributed by atoms with Crippen LogP contribution in [0, 0.1) is 11.3 Å². The molecule has 0 saturated carbocycles. The van der Waals surface area contributed by atoms with E-state index >= 15 is 0 Å². The summed E-state index contributed by atoms with van der Waals surface area (Å²) < 4.78 is 0.